The number of nitrogens with zero attached hydrogens (tertiary/aromatic N) is 3. The fourth-order valence-corrected chi connectivity index (χ4v) is 2.00. The van der Waals surface area contributed by atoms with Gasteiger partial charge < -0.3 is 10.1 Å². The number of nitrogens with one attached hydrogen (secondary N) is 1. The summed E-state index contributed by atoms with van der Waals surface area (Å²) in [6, 6.07) is 2.07. The predicted octanol–water partition coefficient (Wildman–Crippen LogP) is -0.116. The van der Waals surface area contributed by atoms with E-state index in [-0.39, 0.29) is 0 Å². The van der Waals surface area contributed by atoms with Crippen molar-refractivity contribution in [2.75, 3.05) is 45.9 Å². The zero-order valence-corrected chi connectivity index (χ0v) is 10.6. The van der Waals surface area contributed by atoms with Crippen molar-refractivity contribution in [2.45, 2.75) is 6.42 Å². The van der Waals surface area contributed by atoms with E-state index in [1.807, 2.05) is 17.9 Å². The molecule has 5 heteroatoms. The third-order valence-electron chi connectivity index (χ3n) is 3.04. The molecular formula is C12H22N4O. The van der Waals surface area contributed by atoms with Crippen molar-refractivity contribution in [2.24, 2.45) is 7.05 Å². The Labute approximate surface area is 103 Å². The van der Waals surface area contributed by atoms with Crippen LogP contribution in [-0.2, 0) is 18.2 Å². The molecular weight excluding hydrogens is 216 g/mol. The molecule has 0 aliphatic carbocycles. The Morgan fingerprint density at radius 1 is 1.35 bits per heavy atom. The monoisotopic (exact) mass is 238 g/mol. The molecule has 1 aromatic heterocycles. The Morgan fingerprint density at radius 2 is 2.18 bits per heavy atom. The van der Waals surface area contributed by atoms with Crippen LogP contribution in [0.25, 0.3) is 0 Å². The highest BCUT2D eigenvalue weighted by molar-refractivity contribution is 4.98. The molecule has 0 bridgehead atoms. The van der Waals surface area contributed by atoms with E-state index in [2.05, 4.69) is 21.4 Å². The molecule has 1 aliphatic rings. The maximum Gasteiger partial charge on any atom is 0.0637 e. The molecule has 0 saturated carbocycles. The van der Waals surface area contributed by atoms with Crippen LogP contribution >= 0.6 is 0 Å². The lowest BCUT2D eigenvalue weighted by Gasteiger charge is -2.26. The van der Waals surface area contributed by atoms with E-state index in [0.717, 1.165) is 58.1 Å². The Kier molecular flexibility index (Phi) is 4.97. The second-order valence-electron chi connectivity index (χ2n) is 4.43. The lowest BCUT2D eigenvalue weighted by atomic mass is 10.3. The van der Waals surface area contributed by atoms with E-state index in [0.29, 0.717) is 0 Å². The van der Waals surface area contributed by atoms with E-state index in [1.54, 1.807) is 0 Å². The molecule has 0 amide bonds. The van der Waals surface area contributed by atoms with Gasteiger partial charge in [-0.25, -0.2) is 0 Å². The summed E-state index contributed by atoms with van der Waals surface area (Å²) in [6.07, 6.45) is 2.99. The minimum atomic E-state index is 0.883. The Hall–Kier alpha value is -0.910. The normalized spacial score (nSPS) is 17.5. The lowest BCUT2D eigenvalue weighted by Crippen LogP contribution is -2.40. The van der Waals surface area contributed by atoms with Gasteiger partial charge in [0.1, 0.15) is 0 Å². The Bertz CT molecular complexity index is 320. The second kappa shape index (κ2) is 6.74. The molecule has 1 saturated heterocycles. The van der Waals surface area contributed by atoms with Crippen LogP contribution in [0.1, 0.15) is 5.69 Å². The van der Waals surface area contributed by atoms with Gasteiger partial charge in [-0.2, -0.15) is 5.10 Å². The molecule has 1 N–H and O–H groups in total. The average molecular weight is 238 g/mol. The third kappa shape index (κ3) is 4.46. The quantitative estimate of drug-likeness (QED) is 0.702. The molecule has 0 unspecified atom stereocenters. The van der Waals surface area contributed by atoms with Gasteiger partial charge in [-0.3, -0.25) is 9.58 Å². The fourth-order valence-electron chi connectivity index (χ4n) is 2.00. The van der Waals surface area contributed by atoms with Crippen LogP contribution in [0.4, 0.5) is 0 Å². The van der Waals surface area contributed by atoms with Crippen molar-refractivity contribution < 1.29 is 4.74 Å². The van der Waals surface area contributed by atoms with Crippen LogP contribution < -0.4 is 5.32 Å². The van der Waals surface area contributed by atoms with E-state index < -0.39 is 0 Å². The number of hydrogen-bond acceptors (Lipinski definition) is 4. The van der Waals surface area contributed by atoms with Gasteiger partial charge in [0.25, 0.3) is 0 Å². The fraction of sp³-hybridized carbons (Fsp3) is 0.750. The molecule has 1 aliphatic heterocycles. The highest BCUT2D eigenvalue weighted by atomic mass is 16.5. The van der Waals surface area contributed by atoms with Crippen molar-refractivity contribution in [3.8, 4) is 0 Å². The van der Waals surface area contributed by atoms with Gasteiger partial charge in [0, 0.05) is 52.4 Å². The molecule has 17 heavy (non-hydrogen) atoms. The standard InChI is InChI=1S/C12H22N4O/c1-15-6-3-12(14-15)2-4-13-5-7-16-8-10-17-11-9-16/h3,6,13H,2,4-5,7-11H2,1H3. The van der Waals surface area contributed by atoms with Gasteiger partial charge in [-0.15, -0.1) is 0 Å². The van der Waals surface area contributed by atoms with Crippen LogP contribution in [0.2, 0.25) is 0 Å². The summed E-state index contributed by atoms with van der Waals surface area (Å²) in [7, 11) is 1.95. The number of ether oxygens (including phenoxy) is 1. The number of rotatable bonds is 6. The summed E-state index contributed by atoms with van der Waals surface area (Å²) in [5, 5.41) is 7.81. The molecule has 0 spiro atoms. The molecule has 0 atom stereocenters. The van der Waals surface area contributed by atoms with Gasteiger partial charge in [0.2, 0.25) is 0 Å². The summed E-state index contributed by atoms with van der Waals surface area (Å²) < 4.78 is 7.16. The van der Waals surface area contributed by atoms with Gasteiger partial charge in [0.15, 0.2) is 0 Å². The molecule has 1 fully saturated rings. The van der Waals surface area contributed by atoms with Crippen molar-refractivity contribution in [3.05, 3.63) is 18.0 Å². The minimum Gasteiger partial charge on any atom is -0.379 e. The van der Waals surface area contributed by atoms with Crippen molar-refractivity contribution in [1.29, 1.82) is 0 Å². The van der Waals surface area contributed by atoms with Crippen LogP contribution in [0.3, 0.4) is 0 Å². The van der Waals surface area contributed by atoms with Crippen LogP contribution in [0.15, 0.2) is 12.3 Å². The second-order valence-corrected chi connectivity index (χ2v) is 4.43. The first-order chi connectivity index (χ1) is 8.34. The summed E-state index contributed by atoms with van der Waals surface area (Å²) >= 11 is 0. The van der Waals surface area contributed by atoms with Crippen molar-refractivity contribution >= 4 is 0 Å². The summed E-state index contributed by atoms with van der Waals surface area (Å²) in [4.78, 5) is 2.44. The van der Waals surface area contributed by atoms with Crippen molar-refractivity contribution in [3.63, 3.8) is 0 Å². The zero-order chi connectivity index (χ0) is 11.9. The number of hydrogen-bond donors (Lipinski definition) is 1. The van der Waals surface area contributed by atoms with Gasteiger partial charge in [-0.1, -0.05) is 0 Å². The lowest BCUT2D eigenvalue weighted by molar-refractivity contribution is 0.0385. The third-order valence-corrected chi connectivity index (χ3v) is 3.04. The smallest absolute Gasteiger partial charge is 0.0637 e. The molecule has 1 aromatic rings. The SMILES string of the molecule is Cn1ccc(CCNCCN2CCOCC2)n1. The number of aryl methyl sites for hydroxylation is 1. The largest absolute Gasteiger partial charge is 0.379 e. The van der Waals surface area contributed by atoms with Gasteiger partial charge >= 0.3 is 0 Å². The molecule has 2 rings (SSSR count). The maximum absolute atomic E-state index is 5.31. The van der Waals surface area contributed by atoms with E-state index in [9.17, 15) is 0 Å². The summed E-state index contributed by atoms with van der Waals surface area (Å²) in [6.45, 7) is 7.07. The predicted molar refractivity (Wildman–Crippen MR) is 67.0 cm³/mol. The van der Waals surface area contributed by atoms with E-state index in [1.165, 1.54) is 0 Å². The number of aromatic nitrogens is 2. The number of morpholine rings is 1. The summed E-state index contributed by atoms with van der Waals surface area (Å²) in [5.74, 6) is 0. The van der Waals surface area contributed by atoms with E-state index >= 15 is 0 Å². The van der Waals surface area contributed by atoms with Gasteiger partial charge in [0.05, 0.1) is 18.9 Å². The maximum atomic E-state index is 5.31. The molecule has 0 aromatic carbocycles. The van der Waals surface area contributed by atoms with E-state index in [4.69, 9.17) is 4.74 Å². The zero-order valence-electron chi connectivity index (χ0n) is 10.6. The average Bonchev–Trinajstić information content (AvgIpc) is 2.76. The Balaban J connectivity index is 1.51. The first-order valence-electron chi connectivity index (χ1n) is 6.34. The van der Waals surface area contributed by atoms with Crippen LogP contribution in [0, 0.1) is 0 Å². The van der Waals surface area contributed by atoms with Crippen LogP contribution in [0.5, 0.6) is 0 Å². The van der Waals surface area contributed by atoms with Crippen molar-refractivity contribution in [1.82, 2.24) is 20.0 Å². The van der Waals surface area contributed by atoms with Gasteiger partial charge in [-0.05, 0) is 6.07 Å². The molecule has 5 nitrogen and oxygen atoms in total. The van der Waals surface area contributed by atoms with Crippen LogP contribution in [-0.4, -0.2) is 60.6 Å². The first-order valence-corrected chi connectivity index (χ1v) is 6.34. The highest BCUT2D eigenvalue weighted by Gasteiger charge is 2.08. The Morgan fingerprint density at radius 3 is 2.88 bits per heavy atom. The molecule has 0 radical (unpaired) electrons. The molecule has 2 heterocycles. The first kappa shape index (κ1) is 12.5. The molecule has 96 valence electrons. The highest BCUT2D eigenvalue weighted by Crippen LogP contribution is 1.96. The topological polar surface area (TPSA) is 42.3 Å². The minimum absolute atomic E-state index is 0.883. The summed E-state index contributed by atoms with van der Waals surface area (Å²) in [5.41, 5.74) is 1.16.